The summed E-state index contributed by atoms with van der Waals surface area (Å²) in [6, 6.07) is 6.14. The molecule has 1 aromatic heterocycles. The van der Waals surface area contributed by atoms with Gasteiger partial charge in [-0.15, -0.1) is 11.3 Å². The number of halogens is 2. The molecule has 19 heavy (non-hydrogen) atoms. The highest BCUT2D eigenvalue weighted by atomic mass is 79.9. The Balaban J connectivity index is 2.31. The highest BCUT2D eigenvalue weighted by Gasteiger charge is 2.12. The summed E-state index contributed by atoms with van der Waals surface area (Å²) in [6.45, 7) is 1.55. The molecule has 3 nitrogen and oxygen atoms in total. The molecule has 0 aliphatic carbocycles. The van der Waals surface area contributed by atoms with Crippen LogP contribution in [0.4, 0.5) is 10.1 Å². The normalized spacial score (nSPS) is 10.0. The van der Waals surface area contributed by atoms with Gasteiger partial charge in [0.1, 0.15) is 5.82 Å². The lowest BCUT2D eigenvalue weighted by Crippen LogP contribution is -2.12. The average molecular weight is 339 g/mol. The molecule has 0 aliphatic rings. The maximum absolute atomic E-state index is 13.6. The summed E-state index contributed by atoms with van der Waals surface area (Å²) in [5.74, 6) is -0.847. The second kappa shape index (κ2) is 5.51. The van der Waals surface area contributed by atoms with Crippen LogP contribution in [0, 0.1) is 24.1 Å². The van der Waals surface area contributed by atoms with E-state index in [1.165, 1.54) is 17.4 Å². The van der Waals surface area contributed by atoms with Crippen LogP contribution in [0.5, 0.6) is 0 Å². The molecule has 0 radical (unpaired) electrons. The van der Waals surface area contributed by atoms with Gasteiger partial charge < -0.3 is 5.32 Å². The number of nitrogens with zero attached hydrogens (tertiary/aromatic N) is 1. The van der Waals surface area contributed by atoms with Gasteiger partial charge in [0.15, 0.2) is 0 Å². The summed E-state index contributed by atoms with van der Waals surface area (Å²) < 4.78 is 14.4. The van der Waals surface area contributed by atoms with E-state index in [4.69, 9.17) is 5.26 Å². The zero-order chi connectivity index (χ0) is 14.0. The topological polar surface area (TPSA) is 52.9 Å². The summed E-state index contributed by atoms with van der Waals surface area (Å²) in [4.78, 5) is 12.0. The molecule has 0 atom stereocenters. The number of hydrogen-bond donors (Lipinski definition) is 1. The van der Waals surface area contributed by atoms with Crippen molar-refractivity contribution in [2.45, 2.75) is 6.92 Å². The summed E-state index contributed by atoms with van der Waals surface area (Å²) in [6.07, 6.45) is 0. The molecule has 0 fully saturated rings. The van der Waals surface area contributed by atoms with Gasteiger partial charge in [-0.1, -0.05) is 0 Å². The van der Waals surface area contributed by atoms with Gasteiger partial charge in [0.2, 0.25) is 0 Å². The Morgan fingerprint density at radius 2 is 2.21 bits per heavy atom. The van der Waals surface area contributed by atoms with Gasteiger partial charge in [0, 0.05) is 16.6 Å². The van der Waals surface area contributed by atoms with Gasteiger partial charge in [0.05, 0.1) is 21.0 Å². The van der Waals surface area contributed by atoms with Crippen molar-refractivity contribution in [2.24, 2.45) is 0 Å². The zero-order valence-corrected chi connectivity index (χ0v) is 12.2. The number of hydrogen-bond acceptors (Lipinski definition) is 3. The standard InChI is InChI=1S/C13H8BrFN2OS/c1-7-10(15)2-8(5-16)3-11(7)17-13(18)9-4-12(14)19-6-9/h2-4,6H,1H3,(H,17,18). The average Bonchev–Trinajstić information content (AvgIpc) is 2.81. The fraction of sp³-hybridized carbons (Fsp3) is 0.0769. The minimum absolute atomic E-state index is 0.171. The van der Waals surface area contributed by atoms with E-state index in [1.807, 2.05) is 6.07 Å². The van der Waals surface area contributed by atoms with Gasteiger partial charge in [-0.05, 0) is 41.1 Å². The van der Waals surface area contributed by atoms with Crippen LogP contribution in [0.15, 0.2) is 27.4 Å². The van der Waals surface area contributed by atoms with Gasteiger partial charge in [-0.3, -0.25) is 4.79 Å². The second-order valence-electron chi connectivity index (χ2n) is 3.84. The first-order valence-corrected chi connectivity index (χ1v) is 6.94. The minimum atomic E-state index is -0.513. The van der Waals surface area contributed by atoms with Crippen LogP contribution < -0.4 is 5.32 Å². The molecule has 2 rings (SSSR count). The molecule has 0 bridgehead atoms. The molecule has 0 aliphatic heterocycles. The van der Waals surface area contributed by atoms with E-state index >= 15 is 0 Å². The Labute approximate surface area is 121 Å². The molecule has 1 heterocycles. The molecule has 2 aromatic rings. The van der Waals surface area contributed by atoms with Gasteiger partial charge in [0.25, 0.3) is 5.91 Å². The summed E-state index contributed by atoms with van der Waals surface area (Å²) >= 11 is 4.66. The summed E-state index contributed by atoms with van der Waals surface area (Å²) in [7, 11) is 0. The predicted octanol–water partition coefficient (Wildman–Crippen LogP) is 4.08. The molecule has 0 saturated carbocycles. The van der Waals surface area contributed by atoms with Crippen molar-refractivity contribution in [2.75, 3.05) is 5.32 Å². The van der Waals surface area contributed by atoms with Crippen molar-refractivity contribution in [3.8, 4) is 6.07 Å². The van der Waals surface area contributed by atoms with E-state index in [0.717, 1.165) is 9.85 Å². The van der Waals surface area contributed by atoms with Crippen molar-refractivity contribution >= 4 is 38.9 Å². The van der Waals surface area contributed by atoms with E-state index in [2.05, 4.69) is 21.2 Å². The first kappa shape index (κ1) is 13.7. The molecular weight excluding hydrogens is 331 g/mol. The van der Waals surface area contributed by atoms with Crippen molar-refractivity contribution in [3.05, 3.63) is 49.9 Å². The molecular formula is C13H8BrFN2OS. The summed E-state index contributed by atoms with van der Waals surface area (Å²) in [5, 5.41) is 13.1. The molecule has 1 N–H and O–H groups in total. The third-order valence-corrected chi connectivity index (χ3v) is 4.06. The quantitative estimate of drug-likeness (QED) is 0.896. The Hall–Kier alpha value is -1.71. The van der Waals surface area contributed by atoms with Crippen LogP contribution in [0.2, 0.25) is 0 Å². The van der Waals surface area contributed by atoms with Crippen molar-refractivity contribution in [1.29, 1.82) is 5.26 Å². The van der Waals surface area contributed by atoms with E-state index in [-0.39, 0.29) is 11.5 Å². The van der Waals surface area contributed by atoms with Crippen LogP contribution >= 0.6 is 27.3 Å². The largest absolute Gasteiger partial charge is 0.322 e. The monoisotopic (exact) mass is 338 g/mol. The van der Waals surface area contributed by atoms with Crippen LogP contribution in [-0.4, -0.2) is 5.91 Å². The number of carbonyl (C=O) groups excluding carboxylic acids is 1. The third kappa shape index (κ3) is 3.00. The summed E-state index contributed by atoms with van der Waals surface area (Å²) in [5.41, 5.74) is 1.27. The molecule has 0 spiro atoms. The number of amides is 1. The van der Waals surface area contributed by atoms with Gasteiger partial charge >= 0.3 is 0 Å². The van der Waals surface area contributed by atoms with Gasteiger partial charge in [-0.25, -0.2) is 4.39 Å². The lowest BCUT2D eigenvalue weighted by molar-refractivity contribution is 0.102. The molecule has 1 amide bonds. The molecule has 0 saturated heterocycles. The Bertz CT molecular complexity index is 690. The van der Waals surface area contributed by atoms with E-state index in [9.17, 15) is 9.18 Å². The third-order valence-electron chi connectivity index (χ3n) is 2.55. The number of nitriles is 1. The maximum atomic E-state index is 13.6. The van der Waals surface area contributed by atoms with Crippen LogP contribution in [0.25, 0.3) is 0 Å². The van der Waals surface area contributed by atoms with Gasteiger partial charge in [-0.2, -0.15) is 5.26 Å². The highest BCUT2D eigenvalue weighted by molar-refractivity contribution is 9.11. The number of rotatable bonds is 2. The van der Waals surface area contributed by atoms with Crippen molar-refractivity contribution in [1.82, 2.24) is 0 Å². The zero-order valence-electron chi connectivity index (χ0n) is 9.83. The fourth-order valence-corrected chi connectivity index (χ4v) is 2.63. The highest BCUT2D eigenvalue weighted by Crippen LogP contribution is 2.24. The fourth-order valence-electron chi connectivity index (χ4n) is 1.50. The molecule has 1 aromatic carbocycles. The SMILES string of the molecule is Cc1c(F)cc(C#N)cc1NC(=O)c1csc(Br)c1. The predicted molar refractivity (Wildman–Crippen MR) is 75.8 cm³/mol. The van der Waals surface area contributed by atoms with Crippen LogP contribution in [0.1, 0.15) is 21.5 Å². The number of anilines is 1. The van der Waals surface area contributed by atoms with Crippen molar-refractivity contribution in [3.63, 3.8) is 0 Å². The minimum Gasteiger partial charge on any atom is -0.322 e. The second-order valence-corrected chi connectivity index (χ2v) is 6.13. The lowest BCUT2D eigenvalue weighted by Gasteiger charge is -2.08. The van der Waals surface area contributed by atoms with Crippen LogP contribution in [-0.2, 0) is 0 Å². The Morgan fingerprint density at radius 1 is 1.47 bits per heavy atom. The van der Waals surface area contributed by atoms with Crippen molar-refractivity contribution < 1.29 is 9.18 Å². The first-order valence-electron chi connectivity index (χ1n) is 5.27. The van der Waals surface area contributed by atoms with E-state index < -0.39 is 5.82 Å². The number of thiophene rings is 1. The number of carbonyl (C=O) groups is 1. The number of nitrogens with one attached hydrogen (secondary N) is 1. The smallest absolute Gasteiger partial charge is 0.256 e. The number of benzene rings is 1. The molecule has 96 valence electrons. The first-order chi connectivity index (χ1) is 9.01. The van der Waals surface area contributed by atoms with E-state index in [0.29, 0.717) is 16.8 Å². The molecule has 0 unspecified atom stereocenters. The maximum Gasteiger partial charge on any atom is 0.256 e. The van der Waals surface area contributed by atoms with Crippen LogP contribution in [0.3, 0.4) is 0 Å². The Kier molecular flexibility index (Phi) is 3.98. The molecule has 6 heteroatoms. The Morgan fingerprint density at radius 3 is 2.79 bits per heavy atom. The lowest BCUT2D eigenvalue weighted by atomic mass is 10.1. The van der Waals surface area contributed by atoms with E-state index in [1.54, 1.807) is 18.4 Å².